The summed E-state index contributed by atoms with van der Waals surface area (Å²) in [5, 5.41) is 8.36. The SMILES string of the molecule is Cc1cc(C)cc(Nc2ncc(F)c(Nc3ccc4c(c3)NC(=O)CS4(=O)=O)n2)c1. The lowest BCUT2D eigenvalue weighted by atomic mass is 10.1. The number of carbonyl (C=O) groups excluding carboxylic acids is 1. The predicted molar refractivity (Wildman–Crippen MR) is 112 cm³/mol. The highest BCUT2D eigenvalue weighted by atomic mass is 32.2. The van der Waals surface area contributed by atoms with Gasteiger partial charge in [0.1, 0.15) is 5.75 Å². The standard InChI is InChI=1S/C20H18FN5O3S/c1-11-5-12(2)7-14(6-11)24-20-22-9-15(21)19(26-20)23-13-3-4-17-16(8-13)25-18(27)10-30(17,28)29/h3-9H,10H2,1-2H3,(H,25,27)(H2,22,23,24,26). The predicted octanol–water partition coefficient (Wildman–Crippen LogP) is 3.45. The first-order chi connectivity index (χ1) is 14.2. The van der Waals surface area contributed by atoms with Crippen molar-refractivity contribution in [3.8, 4) is 0 Å². The lowest BCUT2D eigenvalue weighted by Crippen LogP contribution is -2.29. The number of nitrogens with one attached hydrogen (secondary N) is 3. The molecule has 0 radical (unpaired) electrons. The van der Waals surface area contributed by atoms with Gasteiger partial charge in [-0.1, -0.05) is 6.07 Å². The van der Waals surface area contributed by atoms with Crippen molar-refractivity contribution in [3.05, 3.63) is 59.5 Å². The number of amides is 1. The quantitative estimate of drug-likeness (QED) is 0.584. The van der Waals surface area contributed by atoms with Crippen LogP contribution in [0.3, 0.4) is 0 Å². The van der Waals surface area contributed by atoms with E-state index in [2.05, 4.69) is 25.9 Å². The number of sulfone groups is 1. The first-order valence-electron chi connectivity index (χ1n) is 9.01. The highest BCUT2D eigenvalue weighted by Gasteiger charge is 2.28. The largest absolute Gasteiger partial charge is 0.338 e. The van der Waals surface area contributed by atoms with Crippen molar-refractivity contribution < 1.29 is 17.6 Å². The topological polar surface area (TPSA) is 113 Å². The summed E-state index contributed by atoms with van der Waals surface area (Å²) in [5.41, 5.74) is 3.39. The molecule has 2 heterocycles. The van der Waals surface area contributed by atoms with Gasteiger partial charge in [-0.15, -0.1) is 0 Å². The van der Waals surface area contributed by atoms with Crippen LogP contribution in [0.5, 0.6) is 0 Å². The van der Waals surface area contributed by atoms with Gasteiger partial charge >= 0.3 is 0 Å². The van der Waals surface area contributed by atoms with Crippen LogP contribution >= 0.6 is 0 Å². The Morgan fingerprint density at radius 1 is 1.03 bits per heavy atom. The number of aryl methyl sites for hydroxylation is 2. The van der Waals surface area contributed by atoms with Gasteiger partial charge in [0.2, 0.25) is 11.9 Å². The number of hydrogen-bond donors (Lipinski definition) is 3. The van der Waals surface area contributed by atoms with E-state index in [0.29, 0.717) is 5.69 Å². The van der Waals surface area contributed by atoms with E-state index in [4.69, 9.17) is 0 Å². The first kappa shape index (κ1) is 19.8. The Labute approximate surface area is 172 Å². The molecule has 0 aliphatic carbocycles. The Kier molecular flexibility index (Phi) is 4.86. The normalized spacial score (nSPS) is 14.6. The van der Waals surface area contributed by atoms with Crippen LogP contribution in [-0.2, 0) is 14.6 Å². The van der Waals surface area contributed by atoms with Crippen molar-refractivity contribution in [2.24, 2.45) is 0 Å². The molecule has 0 atom stereocenters. The van der Waals surface area contributed by atoms with Crippen LogP contribution in [0.1, 0.15) is 11.1 Å². The van der Waals surface area contributed by atoms with Gasteiger partial charge in [0.15, 0.2) is 21.5 Å². The van der Waals surface area contributed by atoms with Gasteiger partial charge in [0.05, 0.1) is 16.8 Å². The fourth-order valence-corrected chi connectivity index (χ4v) is 4.53. The molecule has 154 valence electrons. The zero-order valence-corrected chi connectivity index (χ0v) is 17.0. The van der Waals surface area contributed by atoms with Crippen LogP contribution in [-0.4, -0.2) is 30.0 Å². The summed E-state index contributed by atoms with van der Waals surface area (Å²) >= 11 is 0. The van der Waals surface area contributed by atoms with E-state index in [1.165, 1.54) is 18.2 Å². The molecule has 0 saturated carbocycles. The van der Waals surface area contributed by atoms with E-state index < -0.39 is 27.3 Å². The second-order valence-electron chi connectivity index (χ2n) is 7.03. The first-order valence-corrected chi connectivity index (χ1v) is 10.7. The molecule has 0 unspecified atom stereocenters. The molecule has 3 N–H and O–H groups in total. The molecule has 2 aromatic carbocycles. The fourth-order valence-electron chi connectivity index (χ4n) is 3.24. The number of rotatable bonds is 4. The number of hydrogen-bond acceptors (Lipinski definition) is 7. The minimum atomic E-state index is -3.69. The minimum Gasteiger partial charge on any atom is -0.338 e. The summed E-state index contributed by atoms with van der Waals surface area (Å²) in [6.45, 7) is 3.93. The van der Waals surface area contributed by atoms with Gasteiger partial charge in [-0.05, 0) is 55.3 Å². The zero-order chi connectivity index (χ0) is 21.5. The van der Waals surface area contributed by atoms with Crippen molar-refractivity contribution in [2.75, 3.05) is 21.7 Å². The molecule has 1 aromatic heterocycles. The Morgan fingerprint density at radius 3 is 2.50 bits per heavy atom. The maximum absolute atomic E-state index is 14.3. The molecule has 30 heavy (non-hydrogen) atoms. The highest BCUT2D eigenvalue weighted by molar-refractivity contribution is 7.92. The van der Waals surface area contributed by atoms with Crippen LogP contribution in [0.25, 0.3) is 0 Å². The fraction of sp³-hybridized carbons (Fsp3) is 0.150. The number of aromatic nitrogens is 2. The zero-order valence-electron chi connectivity index (χ0n) is 16.2. The molecule has 10 heteroatoms. The van der Waals surface area contributed by atoms with Crippen molar-refractivity contribution in [3.63, 3.8) is 0 Å². The molecular weight excluding hydrogens is 409 g/mol. The number of halogens is 1. The van der Waals surface area contributed by atoms with Crippen molar-refractivity contribution in [1.82, 2.24) is 9.97 Å². The Hall–Kier alpha value is -3.53. The molecule has 0 spiro atoms. The number of fused-ring (bicyclic) bond motifs is 1. The van der Waals surface area contributed by atoms with Gasteiger partial charge in [0, 0.05) is 11.4 Å². The molecule has 3 aromatic rings. The average molecular weight is 427 g/mol. The van der Waals surface area contributed by atoms with E-state index in [1.54, 1.807) is 0 Å². The van der Waals surface area contributed by atoms with Crippen LogP contribution in [0.15, 0.2) is 47.5 Å². The van der Waals surface area contributed by atoms with E-state index in [9.17, 15) is 17.6 Å². The van der Waals surface area contributed by atoms with Crippen LogP contribution in [0.4, 0.5) is 33.2 Å². The third-order valence-corrected chi connectivity index (χ3v) is 6.06. The lowest BCUT2D eigenvalue weighted by molar-refractivity contribution is -0.114. The van der Waals surface area contributed by atoms with Crippen LogP contribution < -0.4 is 16.0 Å². The summed E-state index contributed by atoms with van der Waals surface area (Å²) in [4.78, 5) is 19.8. The number of benzene rings is 2. The minimum absolute atomic E-state index is 0.0213. The summed E-state index contributed by atoms with van der Waals surface area (Å²) in [6, 6.07) is 10.1. The Balaban J connectivity index is 1.62. The molecule has 4 rings (SSSR count). The second-order valence-corrected chi connectivity index (χ2v) is 8.99. The molecule has 0 bridgehead atoms. The Bertz CT molecular complexity index is 1260. The van der Waals surface area contributed by atoms with Gasteiger partial charge in [-0.2, -0.15) is 4.98 Å². The molecule has 1 aliphatic heterocycles. The molecule has 8 nitrogen and oxygen atoms in total. The monoisotopic (exact) mass is 427 g/mol. The van der Waals surface area contributed by atoms with Gasteiger partial charge < -0.3 is 16.0 Å². The summed E-state index contributed by atoms with van der Waals surface area (Å²) in [6.07, 6.45) is 1.03. The van der Waals surface area contributed by atoms with Crippen molar-refractivity contribution in [2.45, 2.75) is 18.7 Å². The third-order valence-electron chi connectivity index (χ3n) is 4.39. The van der Waals surface area contributed by atoms with Crippen molar-refractivity contribution >= 4 is 44.6 Å². The van der Waals surface area contributed by atoms with Crippen molar-refractivity contribution in [1.29, 1.82) is 0 Å². The molecule has 1 amide bonds. The number of nitrogens with zero attached hydrogens (tertiary/aromatic N) is 2. The van der Waals surface area contributed by atoms with Gasteiger partial charge in [-0.3, -0.25) is 4.79 Å². The van der Waals surface area contributed by atoms with Crippen LogP contribution in [0, 0.1) is 19.7 Å². The second kappa shape index (κ2) is 7.38. The van der Waals surface area contributed by atoms with E-state index in [-0.39, 0.29) is 22.3 Å². The third kappa shape index (κ3) is 4.08. The van der Waals surface area contributed by atoms with E-state index >= 15 is 0 Å². The smallest absolute Gasteiger partial charge is 0.239 e. The maximum Gasteiger partial charge on any atom is 0.239 e. The van der Waals surface area contributed by atoms with E-state index in [0.717, 1.165) is 23.0 Å². The van der Waals surface area contributed by atoms with Crippen LogP contribution in [0.2, 0.25) is 0 Å². The molecule has 0 fully saturated rings. The molecular formula is C20H18FN5O3S. The average Bonchev–Trinajstić information content (AvgIpc) is 2.62. The molecule has 1 aliphatic rings. The Morgan fingerprint density at radius 2 is 1.77 bits per heavy atom. The maximum atomic E-state index is 14.3. The van der Waals surface area contributed by atoms with E-state index in [1.807, 2.05) is 32.0 Å². The van der Waals surface area contributed by atoms with Gasteiger partial charge in [-0.25, -0.2) is 17.8 Å². The van der Waals surface area contributed by atoms with Gasteiger partial charge in [0.25, 0.3) is 0 Å². The highest BCUT2D eigenvalue weighted by Crippen LogP contribution is 2.31. The number of anilines is 5. The number of carbonyl (C=O) groups is 1. The summed E-state index contributed by atoms with van der Waals surface area (Å²) < 4.78 is 38.5. The lowest BCUT2D eigenvalue weighted by Gasteiger charge is -2.18. The molecule has 0 saturated heterocycles. The summed E-state index contributed by atoms with van der Waals surface area (Å²) in [7, 11) is -3.69. The summed E-state index contributed by atoms with van der Waals surface area (Å²) in [5.74, 6) is -1.80.